The summed E-state index contributed by atoms with van der Waals surface area (Å²) in [5.41, 5.74) is 1.91. The molecule has 0 fully saturated rings. The molecule has 0 aliphatic carbocycles. The quantitative estimate of drug-likeness (QED) is 0.372. The first kappa shape index (κ1) is 27.6. The Kier molecular flexibility index (Phi) is 8.09. The predicted octanol–water partition coefficient (Wildman–Crippen LogP) is 3.23. The molecular formula is C24H29BrN4O6S. The number of amidine groups is 1. The maximum absolute atomic E-state index is 13.3. The molecule has 3 rings (SSSR count). The molecule has 1 aliphatic rings. The molecule has 1 aliphatic heterocycles. The number of nitrogens with one attached hydrogen (secondary N) is 1. The van der Waals surface area contributed by atoms with Gasteiger partial charge < -0.3 is 19.1 Å². The molecule has 1 N–H and O–H groups in total. The van der Waals surface area contributed by atoms with Gasteiger partial charge in [0.15, 0.2) is 23.1 Å². The summed E-state index contributed by atoms with van der Waals surface area (Å²) in [5.74, 6) is 0.362. The molecule has 0 radical (unpaired) electrons. The minimum absolute atomic E-state index is 0.0179. The third-order valence-corrected chi connectivity index (χ3v) is 6.26. The van der Waals surface area contributed by atoms with Crippen LogP contribution in [0.25, 0.3) is 0 Å². The van der Waals surface area contributed by atoms with Crippen LogP contribution in [0.2, 0.25) is 0 Å². The Bertz CT molecular complexity index is 1330. The molecule has 10 nitrogen and oxygen atoms in total. The smallest absolute Gasteiger partial charge is 0.306 e. The summed E-state index contributed by atoms with van der Waals surface area (Å²) < 4.78 is 38.3. The van der Waals surface area contributed by atoms with Crippen molar-refractivity contribution in [1.29, 1.82) is 0 Å². The fourth-order valence-electron chi connectivity index (χ4n) is 3.84. The molecule has 36 heavy (non-hydrogen) atoms. The van der Waals surface area contributed by atoms with E-state index in [4.69, 9.17) is 8.92 Å². The van der Waals surface area contributed by atoms with Crippen LogP contribution in [0.3, 0.4) is 0 Å². The summed E-state index contributed by atoms with van der Waals surface area (Å²) in [4.78, 5) is 31.9. The van der Waals surface area contributed by atoms with Crippen molar-refractivity contribution in [3.63, 3.8) is 0 Å². The maximum Gasteiger partial charge on any atom is 0.306 e. The Morgan fingerprint density at radius 3 is 2.47 bits per heavy atom. The molecule has 0 unspecified atom stereocenters. The van der Waals surface area contributed by atoms with E-state index in [1.165, 1.54) is 13.1 Å². The van der Waals surface area contributed by atoms with Gasteiger partial charge in [0.2, 0.25) is 0 Å². The van der Waals surface area contributed by atoms with Crippen LogP contribution in [0, 0.1) is 0 Å². The number of benzene rings is 1. The molecule has 12 heteroatoms. The van der Waals surface area contributed by atoms with Gasteiger partial charge >= 0.3 is 10.1 Å². The zero-order valence-corrected chi connectivity index (χ0v) is 23.4. The van der Waals surface area contributed by atoms with E-state index < -0.39 is 21.4 Å². The molecule has 1 aromatic heterocycles. The van der Waals surface area contributed by atoms with Gasteiger partial charge in [0.05, 0.1) is 35.6 Å². The molecule has 1 aromatic carbocycles. The highest BCUT2D eigenvalue weighted by Crippen LogP contribution is 2.34. The largest absolute Gasteiger partial charge is 0.491 e. The number of fused-ring (bicyclic) bond motifs is 1. The van der Waals surface area contributed by atoms with Gasteiger partial charge in [0.1, 0.15) is 11.4 Å². The second kappa shape index (κ2) is 10.6. The molecule has 1 amide bonds. The fraction of sp³-hybridized carbons (Fsp3) is 0.417. The summed E-state index contributed by atoms with van der Waals surface area (Å²) in [5, 5.41) is 2.56. The molecule has 0 spiro atoms. The lowest BCUT2D eigenvalue weighted by atomic mass is 9.85. The van der Waals surface area contributed by atoms with Crippen molar-refractivity contribution in [3.05, 3.63) is 52.3 Å². The molecule has 0 saturated heterocycles. The SMILES string of the molecule is CCOc1cc2c(nc1C(=O)NC)/C(=N/Br)N(CC(=O)c1ccc(OS(C)(=O)=O)c(C(C)(C)C)c1)C2. The number of Topliss-reactive ketones (excluding diaryl/α,β-unsaturated/α-hetero) is 1. The summed E-state index contributed by atoms with van der Waals surface area (Å²) in [6.45, 7) is 8.22. The third kappa shape index (κ3) is 6.04. The summed E-state index contributed by atoms with van der Waals surface area (Å²) in [6, 6.07) is 6.44. The van der Waals surface area contributed by atoms with Gasteiger partial charge in [-0.2, -0.15) is 12.4 Å². The second-order valence-corrected chi connectivity index (χ2v) is 11.2. The minimum atomic E-state index is -3.73. The van der Waals surface area contributed by atoms with Crippen molar-refractivity contribution in [3.8, 4) is 11.5 Å². The number of halogens is 1. The van der Waals surface area contributed by atoms with Gasteiger partial charge in [-0.3, -0.25) is 9.59 Å². The van der Waals surface area contributed by atoms with E-state index in [0.29, 0.717) is 41.6 Å². The average Bonchev–Trinajstić information content (AvgIpc) is 3.12. The standard InChI is InChI=1S/C24H29BrN4O6S/c1-7-34-19-11-15-12-29(22(28-25)20(15)27-21(19)23(31)26-5)13-17(30)14-8-9-18(35-36(6,32)33)16(10-14)24(2,3)4/h8-11H,7,12-13H2,1-6H3,(H,26,31)/b28-22-. The molecule has 0 bridgehead atoms. The highest BCUT2D eigenvalue weighted by atomic mass is 79.9. The number of ether oxygens (including phenoxy) is 1. The molecular weight excluding hydrogens is 552 g/mol. The van der Waals surface area contributed by atoms with Crippen LogP contribution in [0.4, 0.5) is 0 Å². The van der Waals surface area contributed by atoms with Crippen LogP contribution < -0.4 is 14.2 Å². The summed E-state index contributed by atoms with van der Waals surface area (Å²) in [7, 11) is -2.22. The maximum atomic E-state index is 13.3. The number of aromatic nitrogens is 1. The number of amides is 1. The monoisotopic (exact) mass is 580 g/mol. The lowest BCUT2D eigenvalue weighted by molar-refractivity contribution is 0.0949. The number of pyridine rings is 1. The van der Waals surface area contributed by atoms with Crippen LogP contribution in [0.15, 0.2) is 28.3 Å². The van der Waals surface area contributed by atoms with E-state index in [1.54, 1.807) is 23.1 Å². The van der Waals surface area contributed by atoms with E-state index in [-0.39, 0.29) is 23.8 Å². The highest BCUT2D eigenvalue weighted by molar-refractivity contribution is 9.08. The Balaban J connectivity index is 1.93. The molecule has 194 valence electrons. The Hall–Kier alpha value is -2.99. The first-order chi connectivity index (χ1) is 16.8. The number of nitrogens with zero attached hydrogens (tertiary/aromatic N) is 3. The minimum Gasteiger partial charge on any atom is -0.491 e. The van der Waals surface area contributed by atoms with Crippen molar-refractivity contribution in [2.24, 2.45) is 4.02 Å². The number of hydrogen-bond donors (Lipinski definition) is 1. The Morgan fingerprint density at radius 2 is 1.92 bits per heavy atom. The van der Waals surface area contributed by atoms with Crippen LogP contribution in [-0.4, -0.2) is 62.3 Å². The number of hydrogen-bond acceptors (Lipinski definition) is 8. The lowest BCUT2D eigenvalue weighted by Crippen LogP contribution is -2.31. The zero-order chi connectivity index (χ0) is 26.8. The van der Waals surface area contributed by atoms with Crippen molar-refractivity contribution in [2.45, 2.75) is 39.7 Å². The van der Waals surface area contributed by atoms with Crippen molar-refractivity contribution in [2.75, 3.05) is 26.5 Å². The summed E-state index contributed by atoms with van der Waals surface area (Å²) >= 11 is 3.13. The van der Waals surface area contributed by atoms with Crippen LogP contribution in [0.5, 0.6) is 11.5 Å². The number of carbonyl (C=O) groups excluding carboxylic acids is 2. The van der Waals surface area contributed by atoms with Crippen molar-refractivity contribution < 1.29 is 26.9 Å². The topological polar surface area (TPSA) is 127 Å². The number of ketones is 1. The van der Waals surface area contributed by atoms with Gasteiger partial charge in [-0.05, 0) is 36.6 Å². The van der Waals surface area contributed by atoms with Crippen LogP contribution >= 0.6 is 16.1 Å². The first-order valence-electron chi connectivity index (χ1n) is 11.2. The average molecular weight is 581 g/mol. The van der Waals surface area contributed by atoms with Gasteiger partial charge in [-0.1, -0.05) is 20.8 Å². The second-order valence-electron chi connectivity index (χ2n) is 9.29. The molecule has 0 atom stereocenters. The lowest BCUT2D eigenvalue weighted by Gasteiger charge is -2.23. The number of rotatable bonds is 8. The summed E-state index contributed by atoms with van der Waals surface area (Å²) in [6.07, 6.45) is 0.977. The molecule has 0 saturated carbocycles. The predicted molar refractivity (Wildman–Crippen MR) is 140 cm³/mol. The van der Waals surface area contributed by atoms with Crippen LogP contribution in [-0.2, 0) is 22.1 Å². The van der Waals surface area contributed by atoms with Gasteiger partial charge in [-0.15, -0.1) is 0 Å². The first-order valence-corrected chi connectivity index (χ1v) is 13.7. The van der Waals surface area contributed by atoms with E-state index in [1.807, 2.05) is 27.7 Å². The van der Waals surface area contributed by atoms with Gasteiger partial charge in [0, 0.05) is 30.3 Å². The van der Waals surface area contributed by atoms with Gasteiger partial charge in [0.25, 0.3) is 5.91 Å². The zero-order valence-electron chi connectivity index (χ0n) is 21.0. The molecule has 2 aromatic rings. The third-order valence-electron chi connectivity index (χ3n) is 5.45. The van der Waals surface area contributed by atoms with Crippen molar-refractivity contribution in [1.82, 2.24) is 15.2 Å². The van der Waals surface area contributed by atoms with E-state index in [2.05, 4.69) is 30.5 Å². The Morgan fingerprint density at radius 1 is 1.22 bits per heavy atom. The van der Waals surface area contributed by atoms with E-state index in [9.17, 15) is 18.0 Å². The Labute approximate surface area is 219 Å². The number of carbonyl (C=O) groups is 2. The normalized spacial score (nSPS) is 14.5. The highest BCUT2D eigenvalue weighted by Gasteiger charge is 2.32. The van der Waals surface area contributed by atoms with Gasteiger partial charge in [-0.25, -0.2) is 4.98 Å². The van der Waals surface area contributed by atoms with E-state index >= 15 is 0 Å². The van der Waals surface area contributed by atoms with Crippen molar-refractivity contribution >= 4 is 43.8 Å². The van der Waals surface area contributed by atoms with Crippen LogP contribution in [0.1, 0.15) is 65.4 Å². The fourth-order valence-corrected chi connectivity index (χ4v) is 4.70. The van der Waals surface area contributed by atoms with E-state index in [0.717, 1.165) is 11.8 Å². The molecule has 2 heterocycles.